The Morgan fingerprint density at radius 3 is 2.54 bits per heavy atom. The van der Waals surface area contributed by atoms with Gasteiger partial charge in [-0.05, 0) is 26.0 Å². The highest BCUT2D eigenvalue weighted by Gasteiger charge is 2.23. The van der Waals surface area contributed by atoms with E-state index in [0.717, 1.165) is 4.68 Å². The van der Waals surface area contributed by atoms with Crippen LogP contribution in [0.1, 0.15) is 21.7 Å². The van der Waals surface area contributed by atoms with Gasteiger partial charge in [0.2, 0.25) is 0 Å². The lowest BCUT2D eigenvalue weighted by atomic mass is 10.2. The summed E-state index contributed by atoms with van der Waals surface area (Å²) in [5, 5.41) is 17.4. The molecule has 2 rings (SSSR count). The van der Waals surface area contributed by atoms with E-state index in [4.69, 9.17) is 4.74 Å². The standard InChI is InChI=1S/C17H18N4O7/c1-10-16(21(25)26)11(2)20(19-10)8-15(23)28-9-14(22)18-13-7-5-4-6-12(13)17(24)27-3/h4-7H,8-9H2,1-3H3,(H,18,22). The maximum Gasteiger partial charge on any atom is 0.339 e. The SMILES string of the molecule is COC(=O)c1ccccc1NC(=O)COC(=O)Cn1nc(C)c([N+](=O)[O-])c1C. The van der Waals surface area contributed by atoms with Crippen molar-refractivity contribution < 1.29 is 28.8 Å². The van der Waals surface area contributed by atoms with Crippen LogP contribution in [0.3, 0.4) is 0 Å². The number of anilines is 1. The summed E-state index contributed by atoms with van der Waals surface area (Å²) in [5.41, 5.74) is 0.567. The second-order valence-electron chi connectivity index (χ2n) is 5.68. The van der Waals surface area contributed by atoms with Crippen LogP contribution in [0, 0.1) is 24.0 Å². The predicted molar refractivity (Wildman–Crippen MR) is 95.7 cm³/mol. The summed E-state index contributed by atoms with van der Waals surface area (Å²) in [4.78, 5) is 46.0. The normalized spacial score (nSPS) is 10.2. The summed E-state index contributed by atoms with van der Waals surface area (Å²) < 4.78 is 10.6. The number of rotatable bonds is 7. The molecule has 0 spiro atoms. The summed E-state index contributed by atoms with van der Waals surface area (Å²) in [5.74, 6) is -2.08. The number of benzene rings is 1. The first-order chi connectivity index (χ1) is 13.2. The zero-order valence-corrected chi connectivity index (χ0v) is 15.4. The minimum Gasteiger partial charge on any atom is -0.465 e. The molecule has 0 saturated carbocycles. The van der Waals surface area contributed by atoms with Crippen LogP contribution in [0.15, 0.2) is 24.3 Å². The number of methoxy groups -OCH3 is 1. The lowest BCUT2D eigenvalue weighted by molar-refractivity contribution is -0.386. The van der Waals surface area contributed by atoms with E-state index in [1.54, 1.807) is 12.1 Å². The van der Waals surface area contributed by atoms with E-state index in [0.29, 0.717) is 0 Å². The summed E-state index contributed by atoms with van der Waals surface area (Å²) in [6, 6.07) is 6.20. The molecule has 0 unspecified atom stereocenters. The topological polar surface area (TPSA) is 143 Å². The molecule has 1 aromatic heterocycles. The van der Waals surface area contributed by atoms with Crippen molar-refractivity contribution in [3.05, 3.63) is 51.3 Å². The third kappa shape index (κ3) is 4.69. The minimum atomic E-state index is -0.795. The van der Waals surface area contributed by atoms with E-state index in [1.807, 2.05) is 0 Å². The van der Waals surface area contributed by atoms with Crippen molar-refractivity contribution in [1.82, 2.24) is 9.78 Å². The van der Waals surface area contributed by atoms with Gasteiger partial charge in [0, 0.05) is 0 Å². The third-order valence-electron chi connectivity index (χ3n) is 3.78. The largest absolute Gasteiger partial charge is 0.465 e. The number of aromatic nitrogens is 2. The van der Waals surface area contributed by atoms with Crippen molar-refractivity contribution in [2.45, 2.75) is 20.4 Å². The molecule has 0 aliphatic carbocycles. The van der Waals surface area contributed by atoms with Gasteiger partial charge >= 0.3 is 17.6 Å². The van der Waals surface area contributed by atoms with Gasteiger partial charge in [-0.2, -0.15) is 5.10 Å². The zero-order chi connectivity index (χ0) is 20.8. The summed E-state index contributed by atoms with van der Waals surface area (Å²) in [6.45, 7) is 1.93. The van der Waals surface area contributed by atoms with Crippen molar-refractivity contribution in [2.24, 2.45) is 0 Å². The monoisotopic (exact) mass is 390 g/mol. The smallest absolute Gasteiger partial charge is 0.339 e. The van der Waals surface area contributed by atoms with Crippen molar-refractivity contribution >= 4 is 29.2 Å². The number of nitrogens with zero attached hydrogens (tertiary/aromatic N) is 3. The van der Waals surface area contributed by atoms with E-state index in [9.17, 15) is 24.5 Å². The fourth-order valence-corrected chi connectivity index (χ4v) is 2.49. The number of nitro groups is 1. The highest BCUT2D eigenvalue weighted by atomic mass is 16.6. The Bertz CT molecular complexity index is 936. The molecule has 0 aliphatic heterocycles. The van der Waals surface area contributed by atoms with Gasteiger partial charge in [-0.25, -0.2) is 4.79 Å². The molecule has 28 heavy (non-hydrogen) atoms. The van der Waals surface area contributed by atoms with Gasteiger partial charge in [-0.1, -0.05) is 12.1 Å². The number of hydrogen-bond acceptors (Lipinski definition) is 8. The average Bonchev–Trinajstić information content (AvgIpc) is 2.93. The lowest BCUT2D eigenvalue weighted by Crippen LogP contribution is -2.24. The number of aryl methyl sites for hydroxylation is 1. The molecule has 148 valence electrons. The number of ether oxygens (including phenoxy) is 2. The zero-order valence-electron chi connectivity index (χ0n) is 15.4. The van der Waals surface area contributed by atoms with E-state index in [1.165, 1.54) is 33.1 Å². The highest BCUT2D eigenvalue weighted by Crippen LogP contribution is 2.21. The molecular formula is C17H18N4O7. The minimum absolute atomic E-state index is 0.152. The molecule has 11 nitrogen and oxygen atoms in total. The van der Waals surface area contributed by atoms with Crippen LogP contribution in [-0.4, -0.2) is 46.3 Å². The van der Waals surface area contributed by atoms with E-state index >= 15 is 0 Å². The summed E-state index contributed by atoms with van der Waals surface area (Å²) in [7, 11) is 1.21. The molecule has 11 heteroatoms. The van der Waals surface area contributed by atoms with Crippen LogP contribution in [0.5, 0.6) is 0 Å². The Balaban J connectivity index is 1.95. The number of carbonyl (C=O) groups is 3. The molecule has 0 radical (unpaired) electrons. The third-order valence-corrected chi connectivity index (χ3v) is 3.78. The first-order valence-electron chi connectivity index (χ1n) is 8.05. The molecule has 0 fully saturated rings. The Labute approximate surface area is 159 Å². The molecule has 1 heterocycles. The van der Waals surface area contributed by atoms with E-state index in [-0.39, 0.29) is 34.9 Å². The van der Waals surface area contributed by atoms with Crippen LogP contribution in [0.25, 0.3) is 0 Å². The van der Waals surface area contributed by atoms with Crippen molar-refractivity contribution in [3.8, 4) is 0 Å². The molecular weight excluding hydrogens is 372 g/mol. The molecule has 1 aromatic carbocycles. The quantitative estimate of drug-likeness (QED) is 0.424. The molecule has 0 bridgehead atoms. The molecule has 2 aromatic rings. The first-order valence-corrected chi connectivity index (χ1v) is 8.05. The highest BCUT2D eigenvalue weighted by molar-refractivity contribution is 6.01. The molecule has 0 saturated heterocycles. The van der Waals surface area contributed by atoms with Crippen LogP contribution in [0.2, 0.25) is 0 Å². The number of esters is 2. The van der Waals surface area contributed by atoms with Gasteiger partial charge in [0.1, 0.15) is 17.9 Å². The number of carbonyl (C=O) groups excluding carboxylic acids is 3. The fourth-order valence-electron chi connectivity index (χ4n) is 2.49. The van der Waals surface area contributed by atoms with Crippen molar-refractivity contribution in [3.63, 3.8) is 0 Å². The first kappa shape index (κ1) is 20.6. The Morgan fingerprint density at radius 1 is 1.25 bits per heavy atom. The van der Waals surface area contributed by atoms with Crippen molar-refractivity contribution in [2.75, 3.05) is 19.0 Å². The van der Waals surface area contributed by atoms with Gasteiger partial charge in [0.05, 0.1) is 23.3 Å². The predicted octanol–water partition coefficient (Wildman–Crippen LogP) is 1.38. The van der Waals surface area contributed by atoms with E-state index < -0.39 is 29.4 Å². The lowest BCUT2D eigenvalue weighted by Gasteiger charge is -2.10. The number of amides is 1. The van der Waals surface area contributed by atoms with E-state index in [2.05, 4.69) is 15.2 Å². The van der Waals surface area contributed by atoms with Gasteiger partial charge < -0.3 is 14.8 Å². The maximum absolute atomic E-state index is 12.0. The number of para-hydroxylation sites is 1. The van der Waals surface area contributed by atoms with Crippen LogP contribution in [0.4, 0.5) is 11.4 Å². The molecule has 0 aliphatic rings. The molecule has 1 amide bonds. The second kappa shape index (κ2) is 8.75. The van der Waals surface area contributed by atoms with Gasteiger partial charge in [-0.15, -0.1) is 0 Å². The Hall–Kier alpha value is -3.76. The van der Waals surface area contributed by atoms with Crippen molar-refractivity contribution in [1.29, 1.82) is 0 Å². The van der Waals surface area contributed by atoms with Crippen LogP contribution in [-0.2, 0) is 25.6 Å². The number of hydrogen-bond donors (Lipinski definition) is 1. The molecule has 0 atom stereocenters. The maximum atomic E-state index is 12.0. The molecule has 1 N–H and O–H groups in total. The number of nitrogens with one attached hydrogen (secondary N) is 1. The van der Waals surface area contributed by atoms with Crippen LogP contribution < -0.4 is 5.32 Å². The summed E-state index contributed by atoms with van der Waals surface area (Å²) >= 11 is 0. The summed E-state index contributed by atoms with van der Waals surface area (Å²) in [6.07, 6.45) is 0. The average molecular weight is 390 g/mol. The second-order valence-corrected chi connectivity index (χ2v) is 5.68. The fraction of sp³-hybridized carbons (Fsp3) is 0.294. The van der Waals surface area contributed by atoms with Gasteiger partial charge in [0.25, 0.3) is 5.91 Å². The Morgan fingerprint density at radius 2 is 1.93 bits per heavy atom. The van der Waals surface area contributed by atoms with Gasteiger partial charge in [-0.3, -0.25) is 24.4 Å². The van der Waals surface area contributed by atoms with Gasteiger partial charge in [0.15, 0.2) is 6.61 Å². The Kier molecular flexibility index (Phi) is 6.42. The van der Waals surface area contributed by atoms with Crippen LogP contribution >= 0.6 is 0 Å².